The summed E-state index contributed by atoms with van der Waals surface area (Å²) in [7, 11) is 0. The molecule has 31 heavy (non-hydrogen) atoms. The second-order valence-corrected chi connectivity index (χ2v) is 8.00. The highest BCUT2D eigenvalue weighted by Crippen LogP contribution is 2.48. The van der Waals surface area contributed by atoms with Crippen LogP contribution in [0.4, 0.5) is 0 Å². The average molecular weight is 424 g/mol. The molecule has 3 aliphatic heterocycles. The summed E-state index contributed by atoms with van der Waals surface area (Å²) in [5.41, 5.74) is -0.449. The van der Waals surface area contributed by atoms with Crippen LogP contribution in [0, 0.1) is 11.8 Å². The fraction of sp³-hybridized carbons (Fsp3) is 0.318. The Kier molecular flexibility index (Phi) is 4.37. The summed E-state index contributed by atoms with van der Waals surface area (Å²) >= 11 is 0. The Morgan fingerprint density at radius 3 is 2.45 bits per heavy atom. The average Bonchev–Trinajstić information content (AvgIpc) is 3.26. The molecule has 3 aliphatic rings. The second-order valence-electron chi connectivity index (χ2n) is 8.00. The zero-order valence-electron chi connectivity index (χ0n) is 16.3. The van der Waals surface area contributed by atoms with Crippen LogP contribution in [0.1, 0.15) is 17.2 Å². The maximum Gasteiger partial charge on any atom is 0.325 e. The Hall–Kier alpha value is -3.59. The molecular weight excluding hydrogens is 404 g/mol. The van der Waals surface area contributed by atoms with Crippen LogP contribution < -0.4 is 20.1 Å². The van der Waals surface area contributed by atoms with Crippen molar-refractivity contribution in [1.82, 2.24) is 10.6 Å². The molecule has 2 fully saturated rings. The third-order valence-electron chi connectivity index (χ3n) is 6.22. The van der Waals surface area contributed by atoms with E-state index < -0.39 is 41.2 Å². The van der Waals surface area contributed by atoms with Crippen molar-refractivity contribution in [2.45, 2.75) is 18.0 Å². The monoisotopic (exact) mass is 424 g/mol. The largest absolute Gasteiger partial charge is 0.508 e. The van der Waals surface area contributed by atoms with Gasteiger partial charge in [-0.1, -0.05) is 18.2 Å². The minimum absolute atomic E-state index is 0.0362. The maximum absolute atomic E-state index is 12.7. The summed E-state index contributed by atoms with van der Waals surface area (Å²) in [6.07, 6.45) is -0.0362. The molecule has 2 amide bonds. The first-order chi connectivity index (χ1) is 14.9. The smallest absolute Gasteiger partial charge is 0.325 e. The molecule has 0 saturated carbocycles. The van der Waals surface area contributed by atoms with Gasteiger partial charge in [-0.15, -0.1) is 0 Å². The minimum Gasteiger partial charge on any atom is -0.508 e. The Morgan fingerprint density at radius 2 is 1.74 bits per heavy atom. The number of imide groups is 1. The van der Waals surface area contributed by atoms with Crippen molar-refractivity contribution >= 4 is 17.8 Å². The Morgan fingerprint density at radius 1 is 1.03 bits per heavy atom. The summed E-state index contributed by atoms with van der Waals surface area (Å²) in [6, 6.07) is 10.6. The first kappa shape index (κ1) is 19.4. The van der Waals surface area contributed by atoms with Crippen LogP contribution >= 0.6 is 0 Å². The van der Waals surface area contributed by atoms with Crippen LogP contribution in [-0.4, -0.2) is 46.7 Å². The van der Waals surface area contributed by atoms with Gasteiger partial charge in [0.15, 0.2) is 11.5 Å². The number of nitrogens with one attached hydrogen (secondary N) is 2. The van der Waals surface area contributed by atoms with E-state index in [1.807, 2.05) is 0 Å². The molecule has 160 valence electrons. The lowest BCUT2D eigenvalue weighted by Crippen LogP contribution is -2.57. The number of carbonyl (C=O) groups excluding carboxylic acids is 2. The van der Waals surface area contributed by atoms with Crippen molar-refractivity contribution in [3.05, 3.63) is 53.6 Å². The highest BCUT2D eigenvalue weighted by atomic mass is 16.6. The molecule has 0 spiro atoms. The van der Waals surface area contributed by atoms with Gasteiger partial charge in [0.25, 0.3) is 0 Å². The number of fused-ring (bicyclic) bond motifs is 2. The summed E-state index contributed by atoms with van der Waals surface area (Å²) in [5.74, 6) is -3.18. The normalized spacial score (nSPS) is 28.8. The van der Waals surface area contributed by atoms with Gasteiger partial charge in [0, 0.05) is 12.5 Å². The second kappa shape index (κ2) is 6.98. The highest BCUT2D eigenvalue weighted by Gasteiger charge is 2.66. The third-order valence-corrected chi connectivity index (χ3v) is 6.22. The van der Waals surface area contributed by atoms with E-state index in [1.54, 1.807) is 30.3 Å². The van der Waals surface area contributed by atoms with Gasteiger partial charge in [-0.3, -0.25) is 25.0 Å². The molecule has 4 unspecified atom stereocenters. The zero-order valence-corrected chi connectivity index (χ0v) is 16.3. The van der Waals surface area contributed by atoms with Crippen molar-refractivity contribution in [2.24, 2.45) is 11.8 Å². The standard InChI is InChI=1S/C22H20N2O7/c25-13-4-1-11(2-5-13)10-22(21(28)29)17-16(19(26)23-20(17)27)18(24-22)12-3-6-14-15(9-12)31-8-7-30-14/h1-6,9,16-18,24-25H,7-8,10H2,(H,28,29)(H,23,26,27). The number of hydrogen-bond acceptors (Lipinski definition) is 7. The molecule has 2 aromatic carbocycles. The summed E-state index contributed by atoms with van der Waals surface area (Å²) in [5, 5.41) is 25.2. The van der Waals surface area contributed by atoms with Crippen LogP contribution in [0.2, 0.25) is 0 Å². The fourth-order valence-electron chi connectivity index (χ4n) is 4.84. The summed E-state index contributed by atoms with van der Waals surface area (Å²) < 4.78 is 11.2. The van der Waals surface area contributed by atoms with Gasteiger partial charge in [-0.2, -0.15) is 0 Å². The van der Waals surface area contributed by atoms with Crippen LogP contribution in [0.25, 0.3) is 0 Å². The lowest BCUT2D eigenvalue weighted by atomic mass is 9.76. The Labute approximate surface area is 177 Å². The molecule has 9 nitrogen and oxygen atoms in total. The third kappa shape index (κ3) is 3.00. The number of carboxylic acid groups (broad SMARTS) is 1. The molecule has 0 bridgehead atoms. The van der Waals surface area contributed by atoms with E-state index in [9.17, 15) is 24.6 Å². The number of amides is 2. The van der Waals surface area contributed by atoms with Gasteiger partial charge in [0.05, 0.1) is 11.8 Å². The molecule has 0 aromatic heterocycles. The lowest BCUT2D eigenvalue weighted by Gasteiger charge is -2.30. The number of carboxylic acids is 1. The van der Waals surface area contributed by atoms with E-state index >= 15 is 0 Å². The number of phenolic OH excluding ortho intramolecular Hbond substituents is 1. The number of rotatable bonds is 4. The number of benzene rings is 2. The predicted octanol–water partition coefficient (Wildman–Crippen LogP) is 0.763. The number of aromatic hydroxyl groups is 1. The maximum atomic E-state index is 12.7. The van der Waals surface area contributed by atoms with Gasteiger partial charge in [-0.05, 0) is 35.4 Å². The van der Waals surface area contributed by atoms with Gasteiger partial charge >= 0.3 is 5.97 Å². The van der Waals surface area contributed by atoms with Crippen molar-refractivity contribution in [2.75, 3.05) is 13.2 Å². The first-order valence-electron chi connectivity index (χ1n) is 9.92. The molecule has 3 heterocycles. The van der Waals surface area contributed by atoms with Crippen molar-refractivity contribution < 1.29 is 34.1 Å². The molecule has 9 heteroatoms. The fourth-order valence-corrected chi connectivity index (χ4v) is 4.84. The van der Waals surface area contributed by atoms with Crippen LogP contribution in [-0.2, 0) is 20.8 Å². The van der Waals surface area contributed by atoms with Gasteiger partial charge in [-0.25, -0.2) is 0 Å². The van der Waals surface area contributed by atoms with Crippen molar-refractivity contribution in [3.8, 4) is 17.2 Å². The van der Waals surface area contributed by atoms with Crippen LogP contribution in [0.3, 0.4) is 0 Å². The van der Waals surface area contributed by atoms with E-state index in [2.05, 4.69) is 10.6 Å². The van der Waals surface area contributed by atoms with E-state index in [0.29, 0.717) is 35.8 Å². The predicted molar refractivity (Wildman–Crippen MR) is 106 cm³/mol. The highest BCUT2D eigenvalue weighted by molar-refractivity contribution is 6.09. The van der Waals surface area contributed by atoms with Crippen LogP contribution in [0.15, 0.2) is 42.5 Å². The Balaban J connectivity index is 1.58. The molecule has 4 N–H and O–H groups in total. The lowest BCUT2D eigenvalue weighted by molar-refractivity contribution is -0.149. The number of hydrogen-bond donors (Lipinski definition) is 4. The SMILES string of the molecule is O=C1NC(=O)C2C1C(c1ccc3c(c1)OCCO3)NC2(Cc1ccc(O)cc1)C(=O)O. The zero-order chi connectivity index (χ0) is 21.8. The molecule has 5 rings (SSSR count). The van der Waals surface area contributed by atoms with Crippen LogP contribution in [0.5, 0.6) is 17.2 Å². The first-order valence-corrected chi connectivity index (χ1v) is 9.92. The van der Waals surface area contributed by atoms with E-state index in [1.165, 1.54) is 12.1 Å². The minimum atomic E-state index is -1.70. The molecule has 4 atom stereocenters. The van der Waals surface area contributed by atoms with Crippen molar-refractivity contribution in [1.29, 1.82) is 0 Å². The number of phenols is 1. The molecule has 2 saturated heterocycles. The van der Waals surface area contributed by atoms with Gasteiger partial charge in [0.1, 0.15) is 24.5 Å². The van der Waals surface area contributed by atoms with E-state index in [-0.39, 0.29) is 12.2 Å². The molecule has 0 radical (unpaired) electrons. The molecule has 2 aromatic rings. The molecular formula is C22H20N2O7. The Bertz CT molecular complexity index is 1080. The van der Waals surface area contributed by atoms with E-state index in [0.717, 1.165) is 0 Å². The van der Waals surface area contributed by atoms with Gasteiger partial charge < -0.3 is 19.7 Å². The van der Waals surface area contributed by atoms with Crippen molar-refractivity contribution in [3.63, 3.8) is 0 Å². The quantitative estimate of drug-likeness (QED) is 0.529. The number of ether oxygens (including phenoxy) is 2. The number of carbonyl (C=O) groups is 3. The topological polar surface area (TPSA) is 134 Å². The van der Waals surface area contributed by atoms with E-state index in [4.69, 9.17) is 9.47 Å². The summed E-state index contributed by atoms with van der Waals surface area (Å²) in [4.78, 5) is 38.0. The molecule has 0 aliphatic carbocycles. The summed E-state index contributed by atoms with van der Waals surface area (Å²) in [6.45, 7) is 0.823. The number of aliphatic carboxylic acids is 1. The van der Waals surface area contributed by atoms with Gasteiger partial charge in [0.2, 0.25) is 11.8 Å².